The molecule has 0 spiro atoms. The molecule has 2 N–H and O–H groups in total. The molecule has 0 saturated carbocycles. The highest BCUT2D eigenvalue weighted by Crippen LogP contribution is 2.21. The monoisotopic (exact) mass is 451 g/mol. The van der Waals surface area contributed by atoms with E-state index in [-0.39, 0.29) is 24.5 Å². The van der Waals surface area contributed by atoms with Crippen LogP contribution in [0.1, 0.15) is 22.5 Å². The lowest BCUT2D eigenvalue weighted by Crippen LogP contribution is -2.19. The third-order valence-corrected chi connectivity index (χ3v) is 4.50. The number of hydrogen-bond acceptors (Lipinski definition) is 4. The molecule has 2 aromatic heterocycles. The van der Waals surface area contributed by atoms with Crippen LogP contribution in [0, 0.1) is 0 Å². The highest BCUT2D eigenvalue weighted by atomic mass is 79.9. The Balaban J connectivity index is 1.70. The van der Waals surface area contributed by atoms with Gasteiger partial charge in [-0.3, -0.25) is 19.0 Å². The summed E-state index contributed by atoms with van der Waals surface area (Å²) in [5.41, 5.74) is 1.26. The highest BCUT2D eigenvalue weighted by molar-refractivity contribution is 9.10. The van der Waals surface area contributed by atoms with Crippen molar-refractivity contribution in [1.29, 1.82) is 0 Å². The lowest BCUT2D eigenvalue weighted by molar-refractivity contribution is -0.137. The fourth-order valence-corrected chi connectivity index (χ4v) is 2.88. The van der Waals surface area contributed by atoms with Crippen LogP contribution in [-0.4, -0.2) is 36.5 Å². The number of nitrogens with one attached hydrogen (secondary N) is 1. The summed E-state index contributed by atoms with van der Waals surface area (Å²) in [6.45, 7) is 0.593. The van der Waals surface area contributed by atoms with Crippen LogP contribution in [-0.2, 0) is 17.9 Å². The maximum Gasteiger partial charge on any atom is 0.305 e. The van der Waals surface area contributed by atoms with Crippen molar-refractivity contribution in [3.8, 4) is 0 Å². The lowest BCUT2D eigenvalue weighted by Gasteiger charge is -2.06. The second-order valence-corrected chi connectivity index (χ2v) is 7.01. The number of aromatic nitrogens is 4. The summed E-state index contributed by atoms with van der Waals surface area (Å²) in [5, 5.41) is 20.0. The van der Waals surface area contributed by atoms with Crippen molar-refractivity contribution in [3.63, 3.8) is 0 Å². The van der Waals surface area contributed by atoms with E-state index in [9.17, 15) is 9.59 Å². The Labute approximate surface area is 167 Å². The Bertz CT molecular complexity index is 967. The van der Waals surface area contributed by atoms with Gasteiger partial charge in [-0.05, 0) is 23.8 Å². The van der Waals surface area contributed by atoms with Crippen molar-refractivity contribution < 1.29 is 14.7 Å². The predicted octanol–water partition coefficient (Wildman–Crippen LogP) is 3.27. The van der Waals surface area contributed by atoms with Crippen molar-refractivity contribution in [2.45, 2.75) is 19.5 Å². The van der Waals surface area contributed by atoms with Gasteiger partial charge in [-0.2, -0.15) is 10.2 Å². The predicted molar refractivity (Wildman–Crippen MR) is 103 cm³/mol. The average molecular weight is 453 g/mol. The van der Waals surface area contributed by atoms with Crippen LogP contribution < -0.4 is 5.32 Å². The van der Waals surface area contributed by atoms with E-state index in [1.165, 1.54) is 16.9 Å². The van der Waals surface area contributed by atoms with E-state index in [1.807, 2.05) is 24.3 Å². The minimum atomic E-state index is -0.966. The van der Waals surface area contributed by atoms with Gasteiger partial charge < -0.3 is 10.4 Å². The Morgan fingerprint density at radius 1 is 1.22 bits per heavy atom. The van der Waals surface area contributed by atoms with E-state index in [1.54, 1.807) is 10.9 Å². The zero-order valence-electron chi connectivity index (χ0n) is 14.0. The first-order valence-corrected chi connectivity index (χ1v) is 9.12. The smallest absolute Gasteiger partial charge is 0.305 e. The van der Waals surface area contributed by atoms with E-state index in [0.29, 0.717) is 11.6 Å². The summed E-state index contributed by atoms with van der Waals surface area (Å²) in [6, 6.07) is 9.28. The Kier molecular flexibility index (Phi) is 5.92. The molecule has 27 heavy (non-hydrogen) atoms. The summed E-state index contributed by atoms with van der Waals surface area (Å²) >= 11 is 9.57. The number of anilines is 1. The molecule has 8 nitrogen and oxygen atoms in total. The van der Waals surface area contributed by atoms with Crippen LogP contribution in [0.3, 0.4) is 0 Å². The van der Waals surface area contributed by atoms with Crippen molar-refractivity contribution in [1.82, 2.24) is 19.6 Å². The van der Waals surface area contributed by atoms with Gasteiger partial charge in [0.05, 0.1) is 19.5 Å². The first kappa shape index (κ1) is 19.1. The molecular weight excluding hydrogens is 438 g/mol. The van der Waals surface area contributed by atoms with E-state index < -0.39 is 11.9 Å². The molecular formula is C17H15BrClN5O3. The molecule has 0 bridgehead atoms. The SMILES string of the molecule is O=C(O)CCn1nccc1C(=O)Nc1nn(Cc2ccc(Br)cc2)cc1Cl. The Morgan fingerprint density at radius 2 is 1.96 bits per heavy atom. The Hall–Kier alpha value is -2.65. The number of benzene rings is 1. The number of aryl methyl sites for hydroxylation is 1. The van der Waals surface area contributed by atoms with Gasteiger partial charge >= 0.3 is 5.97 Å². The minimum absolute atomic E-state index is 0.0941. The molecule has 0 aliphatic carbocycles. The molecule has 0 fully saturated rings. The zero-order chi connectivity index (χ0) is 19.4. The second-order valence-electron chi connectivity index (χ2n) is 5.69. The summed E-state index contributed by atoms with van der Waals surface area (Å²) in [6.07, 6.45) is 2.93. The quantitative estimate of drug-likeness (QED) is 0.573. The number of carbonyl (C=O) groups excluding carboxylic acids is 1. The summed E-state index contributed by atoms with van der Waals surface area (Å²) in [5.74, 6) is -1.20. The molecule has 2 heterocycles. The standard InChI is InChI=1S/C17H15BrClN5O3/c18-12-3-1-11(2-4-12)9-23-10-13(19)16(22-23)21-17(27)14-5-7-20-24(14)8-6-15(25)26/h1-5,7,10H,6,8-9H2,(H,25,26)(H,21,22,27). The van der Waals surface area contributed by atoms with Crippen LogP contribution in [0.2, 0.25) is 5.02 Å². The number of carbonyl (C=O) groups is 2. The molecule has 0 radical (unpaired) electrons. The van der Waals surface area contributed by atoms with Crippen molar-refractivity contribution >= 4 is 45.2 Å². The number of halogens is 2. The average Bonchev–Trinajstić information content (AvgIpc) is 3.22. The molecule has 1 aromatic carbocycles. The second kappa shape index (κ2) is 8.36. The zero-order valence-corrected chi connectivity index (χ0v) is 16.3. The van der Waals surface area contributed by atoms with E-state index in [0.717, 1.165) is 10.0 Å². The van der Waals surface area contributed by atoms with Crippen molar-refractivity contribution in [2.24, 2.45) is 0 Å². The van der Waals surface area contributed by atoms with Gasteiger partial charge in [-0.15, -0.1) is 0 Å². The number of carboxylic acids is 1. The van der Waals surface area contributed by atoms with Crippen molar-refractivity contribution in [2.75, 3.05) is 5.32 Å². The van der Waals surface area contributed by atoms with Crippen LogP contribution in [0.4, 0.5) is 5.82 Å². The van der Waals surface area contributed by atoms with Crippen LogP contribution in [0.25, 0.3) is 0 Å². The van der Waals surface area contributed by atoms with E-state index in [2.05, 4.69) is 31.4 Å². The lowest BCUT2D eigenvalue weighted by atomic mass is 10.2. The number of carboxylic acid groups (broad SMARTS) is 1. The van der Waals surface area contributed by atoms with Crippen LogP contribution >= 0.6 is 27.5 Å². The number of hydrogen-bond donors (Lipinski definition) is 2. The number of amides is 1. The highest BCUT2D eigenvalue weighted by Gasteiger charge is 2.16. The topological polar surface area (TPSA) is 102 Å². The van der Waals surface area contributed by atoms with Crippen LogP contribution in [0.5, 0.6) is 0 Å². The molecule has 1 amide bonds. The summed E-state index contributed by atoms with van der Waals surface area (Å²) in [7, 11) is 0. The Morgan fingerprint density at radius 3 is 2.67 bits per heavy atom. The molecule has 0 aliphatic heterocycles. The molecule has 10 heteroatoms. The normalized spacial score (nSPS) is 10.7. The third-order valence-electron chi connectivity index (χ3n) is 3.69. The fourth-order valence-electron chi connectivity index (χ4n) is 2.42. The molecule has 0 atom stereocenters. The molecule has 0 aliphatic rings. The molecule has 3 rings (SSSR count). The van der Waals surface area contributed by atoms with E-state index in [4.69, 9.17) is 16.7 Å². The van der Waals surface area contributed by atoms with Crippen molar-refractivity contribution in [3.05, 3.63) is 63.5 Å². The van der Waals surface area contributed by atoms with Gasteiger partial charge in [-0.1, -0.05) is 39.7 Å². The minimum Gasteiger partial charge on any atom is -0.481 e. The summed E-state index contributed by atoms with van der Waals surface area (Å²) < 4.78 is 3.94. The third kappa shape index (κ3) is 4.95. The molecule has 0 saturated heterocycles. The maximum atomic E-state index is 12.5. The van der Waals surface area contributed by atoms with Crippen LogP contribution in [0.15, 0.2) is 47.2 Å². The fraction of sp³-hybridized carbons (Fsp3) is 0.176. The number of nitrogens with zero attached hydrogens (tertiary/aromatic N) is 4. The summed E-state index contributed by atoms with van der Waals surface area (Å²) in [4.78, 5) is 23.2. The largest absolute Gasteiger partial charge is 0.481 e. The molecule has 140 valence electrons. The number of rotatable bonds is 7. The van der Waals surface area contributed by atoms with Gasteiger partial charge in [0, 0.05) is 16.9 Å². The van der Waals surface area contributed by atoms with Gasteiger partial charge in [0.2, 0.25) is 0 Å². The molecule has 3 aromatic rings. The van der Waals surface area contributed by atoms with Gasteiger partial charge in [0.1, 0.15) is 10.7 Å². The van der Waals surface area contributed by atoms with Gasteiger partial charge in [-0.25, -0.2) is 0 Å². The number of aliphatic carboxylic acids is 1. The first-order valence-electron chi connectivity index (χ1n) is 7.95. The maximum absolute atomic E-state index is 12.5. The molecule has 0 unspecified atom stereocenters. The first-order chi connectivity index (χ1) is 12.9. The van der Waals surface area contributed by atoms with Gasteiger partial charge in [0.25, 0.3) is 5.91 Å². The van der Waals surface area contributed by atoms with E-state index >= 15 is 0 Å². The van der Waals surface area contributed by atoms with Gasteiger partial charge in [0.15, 0.2) is 5.82 Å².